The SMILES string of the molecule is [B]P(=O)(OP(=O)(O)OP(=O)(O)OC[C@H]1O[C@@H](n2ccc(=O)[nH]c2=O)[C@H](O)[C@@H]1O)OP(=O)(O)OP(=O)(O)OC[C@H]1O[C@@H](n2ccc(=O)[nH]c2=O)[C@H](O)[C@@H]1O. The smallest absolute Gasteiger partial charge is 0.387 e. The van der Waals surface area contributed by atoms with Gasteiger partial charge in [0.2, 0.25) is 7.57 Å². The Bertz CT molecular complexity index is 2010. The molecule has 29 nitrogen and oxygen atoms in total. The summed E-state index contributed by atoms with van der Waals surface area (Å²) >= 11 is 0. The van der Waals surface area contributed by atoms with Crippen molar-refractivity contribution in [2.24, 2.45) is 0 Å². The summed E-state index contributed by atoms with van der Waals surface area (Å²) in [5.74, 6) is 0. The molecule has 4 heterocycles. The zero-order chi connectivity index (χ0) is 39.9. The molecular weight excluding hydrogens is 838 g/mol. The summed E-state index contributed by atoms with van der Waals surface area (Å²) in [6.45, 7) is -2.48. The highest BCUT2D eigenvalue weighted by molar-refractivity contribution is 7.87. The maximum Gasteiger partial charge on any atom is 0.487 e. The minimum atomic E-state index is -6.26. The number of hydrogen-bond acceptors (Lipinski definition) is 21. The molecule has 0 amide bonds. The molecule has 12 atom stereocenters. The number of phosphoric ester groups is 2. The van der Waals surface area contributed by atoms with Gasteiger partial charge in [0.05, 0.1) is 13.2 Å². The molecule has 0 aliphatic carbocycles. The Balaban J connectivity index is 1.30. The fourth-order valence-corrected chi connectivity index (χ4v) is 11.0. The van der Waals surface area contributed by atoms with Crippen molar-refractivity contribution in [3.05, 3.63) is 66.2 Å². The monoisotopic (exact) mass is 864 g/mol. The first-order valence-corrected chi connectivity index (χ1v) is 21.3. The van der Waals surface area contributed by atoms with Gasteiger partial charge in [-0.15, -0.1) is 0 Å². The molecule has 2 aromatic heterocycles. The molecule has 53 heavy (non-hydrogen) atoms. The maximum absolute atomic E-state index is 12.4. The lowest BCUT2D eigenvalue weighted by Gasteiger charge is -2.23. The highest BCUT2D eigenvalue weighted by Gasteiger charge is 2.49. The van der Waals surface area contributed by atoms with Crippen LogP contribution in [0.4, 0.5) is 0 Å². The molecule has 2 aliphatic heterocycles. The minimum Gasteiger partial charge on any atom is -0.387 e. The van der Waals surface area contributed by atoms with Gasteiger partial charge in [-0.1, -0.05) is 0 Å². The van der Waals surface area contributed by atoms with Gasteiger partial charge in [-0.25, -0.2) is 36.5 Å². The first-order valence-electron chi connectivity index (χ1n) is 13.7. The van der Waals surface area contributed by atoms with Crippen molar-refractivity contribution < 1.29 is 98.6 Å². The summed E-state index contributed by atoms with van der Waals surface area (Å²) in [7, 11) is -25.3. The summed E-state index contributed by atoms with van der Waals surface area (Å²) in [5, 5.41) is 40.7. The van der Waals surface area contributed by atoms with E-state index in [1.54, 1.807) is 0 Å². The number of rotatable bonds is 16. The number of aliphatic hydroxyl groups excluding tert-OH is 4. The van der Waals surface area contributed by atoms with Gasteiger partial charge in [0.1, 0.15) is 36.6 Å². The molecule has 4 unspecified atom stereocenters. The van der Waals surface area contributed by atoms with Gasteiger partial charge in [0.15, 0.2) is 12.5 Å². The molecule has 2 aliphatic rings. The molecule has 0 spiro atoms. The van der Waals surface area contributed by atoms with Crippen molar-refractivity contribution in [3.63, 3.8) is 0 Å². The maximum atomic E-state index is 12.4. The van der Waals surface area contributed by atoms with Gasteiger partial charge < -0.3 is 49.5 Å². The van der Waals surface area contributed by atoms with E-state index in [9.17, 15) is 82.0 Å². The summed E-state index contributed by atoms with van der Waals surface area (Å²) in [6.07, 6.45) is -12.9. The summed E-state index contributed by atoms with van der Waals surface area (Å²) in [4.78, 5) is 89.3. The van der Waals surface area contributed by atoms with Gasteiger partial charge in [0.25, 0.3) is 18.6 Å². The molecule has 0 saturated carbocycles. The summed E-state index contributed by atoms with van der Waals surface area (Å²) < 4.78 is 97.0. The lowest BCUT2D eigenvalue weighted by Crippen LogP contribution is -2.37. The van der Waals surface area contributed by atoms with Crippen molar-refractivity contribution in [2.45, 2.75) is 49.1 Å². The number of nitrogens with one attached hydrogen (secondary N) is 2. The van der Waals surface area contributed by atoms with Crippen molar-refractivity contribution in [1.29, 1.82) is 0 Å². The largest absolute Gasteiger partial charge is 0.487 e. The molecule has 296 valence electrons. The fourth-order valence-electron chi connectivity index (χ4n) is 4.42. The van der Waals surface area contributed by atoms with Crippen LogP contribution in [-0.4, -0.2) is 117 Å². The summed E-state index contributed by atoms with van der Waals surface area (Å²) in [6, 6.07) is 1.70. The second-order valence-corrected chi connectivity index (χ2v) is 18.4. The Morgan fingerprint density at radius 1 is 0.604 bits per heavy atom. The fraction of sp³-hybridized carbons (Fsp3) is 0.556. The number of H-pyrrole nitrogens is 2. The van der Waals surface area contributed by atoms with Crippen LogP contribution < -0.4 is 22.5 Å². The molecule has 35 heteroatoms. The number of nitrogens with zero attached hydrogens (tertiary/aromatic N) is 2. The highest BCUT2D eigenvalue weighted by Crippen LogP contribution is 2.73. The van der Waals surface area contributed by atoms with E-state index < -0.39 is 124 Å². The number of ether oxygens (including phenoxy) is 2. The van der Waals surface area contributed by atoms with Crippen LogP contribution in [0.5, 0.6) is 0 Å². The van der Waals surface area contributed by atoms with E-state index in [1.807, 2.05) is 9.97 Å². The van der Waals surface area contributed by atoms with E-state index in [2.05, 4.69) is 26.3 Å². The quantitative estimate of drug-likeness (QED) is 0.0569. The Labute approximate surface area is 292 Å². The second-order valence-electron chi connectivity index (χ2n) is 10.5. The Morgan fingerprint density at radius 3 is 1.26 bits per heavy atom. The normalized spacial score (nSPS) is 31.8. The van der Waals surface area contributed by atoms with Crippen molar-refractivity contribution in [3.8, 4) is 0 Å². The predicted molar refractivity (Wildman–Crippen MR) is 163 cm³/mol. The van der Waals surface area contributed by atoms with Crippen molar-refractivity contribution in [2.75, 3.05) is 13.2 Å². The third-order valence-electron chi connectivity index (χ3n) is 6.58. The lowest BCUT2D eigenvalue weighted by atomic mass is 10.1. The minimum absolute atomic E-state index is 0.626. The number of aromatic nitrogens is 4. The molecule has 0 aromatic carbocycles. The number of hydrogen-bond donors (Lipinski definition) is 10. The van der Waals surface area contributed by atoms with Crippen LogP contribution >= 0.6 is 38.8 Å². The van der Waals surface area contributed by atoms with Gasteiger partial charge >= 0.3 is 42.7 Å². The Hall–Kier alpha value is -2.07. The van der Waals surface area contributed by atoms with Crippen LogP contribution in [0.1, 0.15) is 12.5 Å². The van der Waals surface area contributed by atoms with E-state index in [0.29, 0.717) is 9.13 Å². The topological polar surface area (TPSA) is 431 Å². The number of aliphatic hydroxyl groups is 4. The van der Waals surface area contributed by atoms with E-state index in [4.69, 9.17) is 17.0 Å². The molecule has 10 N–H and O–H groups in total. The Kier molecular flexibility index (Phi) is 13.3. The van der Waals surface area contributed by atoms with Crippen molar-refractivity contribution >= 4 is 46.3 Å². The summed E-state index contributed by atoms with van der Waals surface area (Å²) in [5.41, 5.74) is -3.84. The van der Waals surface area contributed by atoms with Crippen LogP contribution in [0.2, 0.25) is 0 Å². The standard InChI is InChI=1S/C18H26BN4O25P5/c19-49(32,45-52(37,38)47-50(33,34)41-5-7-11(26)13(28)15(43-7)22-3-1-9(24)20-17(22)30)46-53(39,40)48-51(35,36)42-6-8-12(27)14(29)16(44-8)23-4-2-10(25)21-18(23)31/h1-4,7-8,11-16,26-29H,5-6H2,(H,33,34)(H,35,36)(H,37,38)(H,39,40)(H,20,24,30)(H,21,25,31)/t7-,8-,11-,12-,13-,14-,15-,16-/m1/s1. The van der Waals surface area contributed by atoms with Gasteiger partial charge in [-0.2, -0.15) is 8.62 Å². The average Bonchev–Trinajstić information content (AvgIpc) is 3.42. The van der Waals surface area contributed by atoms with Gasteiger partial charge in [-0.3, -0.25) is 42.3 Å². The average molecular weight is 864 g/mol. The van der Waals surface area contributed by atoms with E-state index in [0.717, 1.165) is 24.5 Å². The van der Waals surface area contributed by atoms with E-state index in [-0.39, 0.29) is 0 Å². The zero-order valence-electron chi connectivity index (χ0n) is 25.6. The molecule has 4 rings (SSSR count). The third kappa shape index (κ3) is 11.5. The predicted octanol–water partition coefficient (Wildman–Crippen LogP) is -3.90. The molecule has 2 aromatic rings. The van der Waals surface area contributed by atoms with E-state index in [1.165, 1.54) is 0 Å². The highest BCUT2D eigenvalue weighted by atomic mass is 31.3. The van der Waals surface area contributed by atoms with Gasteiger partial charge in [-0.05, 0) is 0 Å². The number of aromatic amines is 2. The molecule has 2 radical (unpaired) electrons. The van der Waals surface area contributed by atoms with Gasteiger partial charge in [0, 0.05) is 24.5 Å². The molecular formula is C18H26BN4O25P5. The molecule has 0 bridgehead atoms. The van der Waals surface area contributed by atoms with Crippen LogP contribution in [0, 0.1) is 0 Å². The first-order chi connectivity index (χ1) is 24.2. The zero-order valence-corrected chi connectivity index (χ0v) is 30.0. The van der Waals surface area contributed by atoms with Crippen LogP contribution in [0.15, 0.2) is 43.7 Å². The second kappa shape index (κ2) is 16.2. The molecule has 2 fully saturated rings. The molecule has 2 saturated heterocycles. The van der Waals surface area contributed by atoms with E-state index >= 15 is 0 Å². The third-order valence-corrected chi connectivity index (χ3v) is 14.3. The van der Waals surface area contributed by atoms with Crippen LogP contribution in [0.3, 0.4) is 0 Å². The van der Waals surface area contributed by atoms with Crippen LogP contribution in [0.25, 0.3) is 0 Å². The Morgan fingerprint density at radius 2 is 0.943 bits per heavy atom. The lowest BCUT2D eigenvalue weighted by molar-refractivity contribution is -0.0542. The first kappa shape index (κ1) is 43.7. The number of phosphoric acid groups is 4. The van der Waals surface area contributed by atoms with Crippen LogP contribution in [-0.2, 0) is 58.6 Å². The van der Waals surface area contributed by atoms with Crippen molar-refractivity contribution in [1.82, 2.24) is 19.1 Å².